The molecule has 0 aliphatic carbocycles. The lowest BCUT2D eigenvalue weighted by Crippen LogP contribution is -2.49. The number of aromatic carboxylic acids is 1. The molecule has 0 amide bonds. The van der Waals surface area contributed by atoms with Gasteiger partial charge in [0.1, 0.15) is 11.3 Å². The highest BCUT2D eigenvalue weighted by atomic mass is 32.2. The van der Waals surface area contributed by atoms with E-state index in [1.165, 1.54) is 10.4 Å². The summed E-state index contributed by atoms with van der Waals surface area (Å²) in [5.41, 5.74) is -0.330. The first-order valence-corrected chi connectivity index (χ1v) is 8.95. The Morgan fingerprint density at radius 1 is 1.26 bits per heavy atom. The van der Waals surface area contributed by atoms with Gasteiger partial charge in [-0.15, -0.1) is 0 Å². The summed E-state index contributed by atoms with van der Waals surface area (Å²) in [4.78, 5) is 10.8. The molecule has 1 aliphatic heterocycles. The molecule has 2 rings (SSSR count). The van der Waals surface area contributed by atoms with Gasteiger partial charge in [-0.25, -0.2) is 13.2 Å². The first-order valence-electron chi connectivity index (χ1n) is 7.51. The van der Waals surface area contributed by atoms with Crippen LogP contribution in [0.3, 0.4) is 0 Å². The normalized spacial score (nSPS) is 22.9. The third-order valence-electron chi connectivity index (χ3n) is 3.95. The van der Waals surface area contributed by atoms with E-state index in [0.717, 1.165) is 12.1 Å². The van der Waals surface area contributed by atoms with Crippen LogP contribution in [-0.4, -0.2) is 54.2 Å². The number of benzene rings is 1. The largest absolute Gasteiger partial charge is 0.507 e. The molecule has 1 heterocycles. The fourth-order valence-electron chi connectivity index (χ4n) is 2.54. The van der Waals surface area contributed by atoms with Crippen LogP contribution in [0.4, 0.5) is 0 Å². The minimum atomic E-state index is -3.81. The SMILES string of the molecule is CCC1CN(S(=O)(=O)c2ccc(C(=O)O)c(O)c2)CC(CC)O1. The number of aromatic hydroxyl groups is 1. The lowest BCUT2D eigenvalue weighted by molar-refractivity contribution is -0.0649. The van der Waals surface area contributed by atoms with E-state index in [-0.39, 0.29) is 35.8 Å². The average molecular weight is 343 g/mol. The van der Waals surface area contributed by atoms with Crippen molar-refractivity contribution in [3.8, 4) is 5.75 Å². The summed E-state index contributed by atoms with van der Waals surface area (Å²) in [7, 11) is -3.81. The summed E-state index contributed by atoms with van der Waals surface area (Å²) >= 11 is 0. The van der Waals surface area contributed by atoms with E-state index in [0.29, 0.717) is 12.8 Å². The molecule has 1 aliphatic rings. The number of hydrogen-bond acceptors (Lipinski definition) is 5. The van der Waals surface area contributed by atoms with Gasteiger partial charge in [-0.2, -0.15) is 4.31 Å². The fourth-order valence-corrected chi connectivity index (χ4v) is 4.06. The van der Waals surface area contributed by atoms with E-state index >= 15 is 0 Å². The number of carboxylic acid groups (broad SMARTS) is 1. The monoisotopic (exact) mass is 343 g/mol. The van der Waals surface area contributed by atoms with Crippen molar-refractivity contribution in [3.63, 3.8) is 0 Å². The predicted octanol–water partition coefficient (Wildman–Crippen LogP) is 1.67. The van der Waals surface area contributed by atoms with Gasteiger partial charge in [-0.1, -0.05) is 13.8 Å². The highest BCUT2D eigenvalue weighted by Gasteiger charge is 2.34. The van der Waals surface area contributed by atoms with Gasteiger partial charge < -0.3 is 14.9 Å². The number of nitrogens with zero attached hydrogens (tertiary/aromatic N) is 1. The number of carbonyl (C=O) groups is 1. The van der Waals surface area contributed by atoms with Gasteiger partial charge in [0.05, 0.1) is 17.1 Å². The molecule has 1 fully saturated rings. The van der Waals surface area contributed by atoms with E-state index in [4.69, 9.17) is 9.84 Å². The zero-order chi connectivity index (χ0) is 17.2. The van der Waals surface area contributed by atoms with Crippen molar-refractivity contribution in [3.05, 3.63) is 23.8 Å². The van der Waals surface area contributed by atoms with Gasteiger partial charge in [0.25, 0.3) is 0 Å². The molecule has 0 aromatic heterocycles. The Hall–Kier alpha value is -1.64. The first-order chi connectivity index (χ1) is 10.8. The van der Waals surface area contributed by atoms with Crippen molar-refractivity contribution in [2.24, 2.45) is 0 Å². The molecule has 1 aromatic carbocycles. The number of sulfonamides is 1. The minimum Gasteiger partial charge on any atom is -0.507 e. The molecule has 2 atom stereocenters. The molecule has 0 bridgehead atoms. The van der Waals surface area contributed by atoms with Gasteiger partial charge in [-0.05, 0) is 25.0 Å². The van der Waals surface area contributed by atoms with Gasteiger partial charge >= 0.3 is 5.97 Å². The van der Waals surface area contributed by atoms with Gasteiger partial charge in [0.15, 0.2) is 0 Å². The quantitative estimate of drug-likeness (QED) is 0.843. The summed E-state index contributed by atoms with van der Waals surface area (Å²) in [5, 5.41) is 18.6. The van der Waals surface area contributed by atoms with Crippen molar-refractivity contribution >= 4 is 16.0 Å². The smallest absolute Gasteiger partial charge is 0.339 e. The van der Waals surface area contributed by atoms with E-state index in [1.807, 2.05) is 13.8 Å². The number of phenols is 1. The molecule has 7 nitrogen and oxygen atoms in total. The molecule has 1 saturated heterocycles. The summed E-state index contributed by atoms with van der Waals surface area (Å²) < 4.78 is 32.6. The average Bonchev–Trinajstić information content (AvgIpc) is 2.53. The molecule has 128 valence electrons. The second-order valence-corrected chi connectivity index (χ2v) is 7.44. The molecular weight excluding hydrogens is 322 g/mol. The Labute approximate surface area is 135 Å². The lowest BCUT2D eigenvalue weighted by Gasteiger charge is -2.36. The summed E-state index contributed by atoms with van der Waals surface area (Å²) in [6.45, 7) is 4.36. The van der Waals surface area contributed by atoms with Crippen LogP contribution in [0.25, 0.3) is 0 Å². The van der Waals surface area contributed by atoms with E-state index < -0.39 is 21.7 Å². The molecule has 2 N–H and O–H groups in total. The number of morpholine rings is 1. The van der Waals surface area contributed by atoms with Crippen molar-refractivity contribution in [2.45, 2.75) is 43.8 Å². The van der Waals surface area contributed by atoms with Crippen LogP contribution in [0.1, 0.15) is 37.0 Å². The minimum absolute atomic E-state index is 0.119. The molecule has 8 heteroatoms. The zero-order valence-electron chi connectivity index (χ0n) is 13.1. The standard InChI is InChI=1S/C15H21NO6S/c1-3-10-8-16(9-11(4-2)22-10)23(20,21)12-5-6-13(15(18)19)14(17)7-12/h5-7,10-11,17H,3-4,8-9H2,1-2H3,(H,18,19). The molecule has 23 heavy (non-hydrogen) atoms. The molecule has 1 aromatic rings. The Kier molecular flexibility index (Phi) is 5.28. The van der Waals surface area contributed by atoms with Crippen LogP contribution < -0.4 is 0 Å². The predicted molar refractivity (Wildman–Crippen MR) is 83.1 cm³/mol. The summed E-state index contributed by atoms with van der Waals surface area (Å²) in [6, 6.07) is 3.28. The highest BCUT2D eigenvalue weighted by molar-refractivity contribution is 7.89. The molecule has 0 saturated carbocycles. The van der Waals surface area contributed by atoms with Gasteiger partial charge in [-0.3, -0.25) is 0 Å². The van der Waals surface area contributed by atoms with Crippen molar-refractivity contribution < 1.29 is 28.2 Å². The summed E-state index contributed by atoms with van der Waals surface area (Å²) in [5.74, 6) is -1.87. The van der Waals surface area contributed by atoms with Crippen LogP contribution in [0.15, 0.2) is 23.1 Å². The van der Waals surface area contributed by atoms with Crippen molar-refractivity contribution in [1.82, 2.24) is 4.31 Å². The van der Waals surface area contributed by atoms with Crippen LogP contribution >= 0.6 is 0 Å². The van der Waals surface area contributed by atoms with Crippen molar-refractivity contribution in [2.75, 3.05) is 13.1 Å². The van der Waals surface area contributed by atoms with Crippen molar-refractivity contribution in [1.29, 1.82) is 0 Å². The second kappa shape index (κ2) is 6.86. The Morgan fingerprint density at radius 2 is 1.83 bits per heavy atom. The third-order valence-corrected chi connectivity index (χ3v) is 5.78. The van der Waals surface area contributed by atoms with Gasteiger partial charge in [0.2, 0.25) is 10.0 Å². The van der Waals surface area contributed by atoms with E-state index in [9.17, 15) is 18.3 Å². The Morgan fingerprint density at radius 3 is 2.26 bits per heavy atom. The van der Waals surface area contributed by atoms with Gasteiger partial charge in [0, 0.05) is 19.2 Å². The molecule has 2 unspecified atom stereocenters. The molecule has 0 radical (unpaired) electrons. The maximum Gasteiger partial charge on any atom is 0.339 e. The summed E-state index contributed by atoms with van der Waals surface area (Å²) in [6.07, 6.45) is 1.06. The molecular formula is C15H21NO6S. The number of carboxylic acids is 1. The maximum atomic E-state index is 12.8. The van der Waals surface area contributed by atoms with E-state index in [2.05, 4.69) is 0 Å². The highest BCUT2D eigenvalue weighted by Crippen LogP contribution is 2.27. The second-order valence-electron chi connectivity index (χ2n) is 5.50. The number of rotatable bonds is 5. The topological polar surface area (TPSA) is 104 Å². The zero-order valence-corrected chi connectivity index (χ0v) is 13.9. The van der Waals surface area contributed by atoms with Crippen LogP contribution in [0.5, 0.6) is 5.75 Å². The number of hydrogen-bond donors (Lipinski definition) is 2. The number of ether oxygens (including phenoxy) is 1. The Balaban J connectivity index is 2.33. The fraction of sp³-hybridized carbons (Fsp3) is 0.533. The Bertz CT molecular complexity index is 675. The van der Waals surface area contributed by atoms with Crippen LogP contribution in [0.2, 0.25) is 0 Å². The van der Waals surface area contributed by atoms with Crippen LogP contribution in [-0.2, 0) is 14.8 Å². The lowest BCUT2D eigenvalue weighted by atomic mass is 10.2. The third kappa shape index (κ3) is 3.65. The van der Waals surface area contributed by atoms with Crippen LogP contribution in [0, 0.1) is 0 Å². The first kappa shape index (κ1) is 17.7. The maximum absolute atomic E-state index is 12.8. The molecule has 0 spiro atoms. The van der Waals surface area contributed by atoms with E-state index in [1.54, 1.807) is 0 Å².